The number of aryl methyl sites for hydroxylation is 1. The topological polar surface area (TPSA) is 30.7 Å². The number of halogens is 1. The summed E-state index contributed by atoms with van der Waals surface area (Å²) in [4.78, 5) is 9.64. The predicted octanol–water partition coefficient (Wildman–Crippen LogP) is 17.0. The number of pyridine rings is 1. The smallest absolute Gasteiger partial charge is 0.0774 e. The Bertz CT molecular complexity index is 3840. The molecule has 0 fully saturated rings. The van der Waals surface area contributed by atoms with E-state index in [4.69, 9.17) is 11.8 Å². The van der Waals surface area contributed by atoms with Crippen LogP contribution in [0.15, 0.2) is 188 Å². The van der Waals surface area contributed by atoms with Crippen molar-refractivity contribution >= 4 is 60.2 Å². The van der Waals surface area contributed by atoms with Crippen molar-refractivity contribution in [3.05, 3.63) is 217 Å². The molecule has 3 aromatic heterocycles. The van der Waals surface area contributed by atoms with Crippen LogP contribution >= 0.6 is 11.3 Å². The van der Waals surface area contributed by atoms with E-state index in [1.807, 2.05) is 38.2 Å². The zero-order valence-corrected chi connectivity index (χ0v) is 45.2. The van der Waals surface area contributed by atoms with E-state index in [9.17, 15) is 4.39 Å². The summed E-state index contributed by atoms with van der Waals surface area (Å²) in [6.45, 7) is 3.10. The van der Waals surface area contributed by atoms with Crippen molar-refractivity contribution in [1.82, 2.24) is 14.5 Å². The number of benzene rings is 8. The van der Waals surface area contributed by atoms with Gasteiger partial charge in [-0.3, -0.25) is 4.98 Å². The SMILES string of the molecule is [2H]C([2H])([2H])c1c[c-]c(-c2cc(C([2H])([2H])C(C)(C)C)[c]([Ge]([CH3])([CH3])[CH3])cn2)c(F)c1.[Ir].[c-]1ccc2c(sc3cc(-c4ccc(-c5ccccc5)cc4)ccc32)c1-c1nc2ccccc2n1-c1ccccc1-c1ccccc1. The third-order valence-electron chi connectivity index (χ3n) is 12.1. The van der Waals surface area contributed by atoms with Gasteiger partial charge in [0.05, 0.1) is 16.9 Å². The molecular weight excluding hydrogens is 1110 g/mol. The molecule has 0 aliphatic rings. The van der Waals surface area contributed by atoms with Crippen LogP contribution < -0.4 is 4.40 Å². The largest absolute Gasteiger partial charge is 0.333 e. The number of hydrogen-bond donors (Lipinski definition) is 0. The van der Waals surface area contributed by atoms with E-state index < -0.39 is 37.7 Å². The third kappa shape index (κ3) is 10.2. The number of thiophene rings is 1. The van der Waals surface area contributed by atoms with Gasteiger partial charge in [0, 0.05) is 36.1 Å². The van der Waals surface area contributed by atoms with Crippen LogP contribution in [0.4, 0.5) is 4.39 Å². The van der Waals surface area contributed by atoms with Crippen molar-refractivity contribution in [2.24, 2.45) is 5.41 Å². The van der Waals surface area contributed by atoms with Crippen LogP contribution in [0.1, 0.15) is 38.8 Å². The second-order valence-electron chi connectivity index (χ2n) is 19.3. The van der Waals surface area contributed by atoms with E-state index in [0.717, 1.165) is 38.6 Å². The van der Waals surface area contributed by atoms with Gasteiger partial charge in [0.15, 0.2) is 0 Å². The molecule has 8 aromatic carbocycles. The Morgan fingerprint density at radius 1 is 0.686 bits per heavy atom. The summed E-state index contributed by atoms with van der Waals surface area (Å²) in [6.07, 6.45) is 0.0207. The average molecular weight is 1170 g/mol. The molecule has 7 heteroatoms. The monoisotopic (exact) mass is 1180 g/mol. The minimum absolute atomic E-state index is 0. The Kier molecular flexibility index (Phi) is 12.3. The summed E-state index contributed by atoms with van der Waals surface area (Å²) in [5, 5.41) is 2.49. The third-order valence-corrected chi connectivity index (χ3v) is 17.6. The van der Waals surface area contributed by atoms with Gasteiger partial charge in [0.1, 0.15) is 0 Å². The molecule has 0 saturated carbocycles. The molecular formula is C63H54FGeIrN3S-2. The van der Waals surface area contributed by atoms with Gasteiger partial charge >= 0.3 is 149 Å². The normalized spacial score (nSPS) is 13.1. The quantitative estimate of drug-likeness (QED) is 0.112. The van der Waals surface area contributed by atoms with Crippen molar-refractivity contribution in [1.29, 1.82) is 0 Å². The van der Waals surface area contributed by atoms with Gasteiger partial charge < -0.3 is 4.57 Å². The van der Waals surface area contributed by atoms with Crippen molar-refractivity contribution < 1.29 is 31.3 Å². The molecule has 0 N–H and O–H groups in total. The van der Waals surface area contributed by atoms with Gasteiger partial charge in [-0.05, 0) is 62.2 Å². The number of para-hydroxylation sites is 3. The van der Waals surface area contributed by atoms with E-state index in [0.29, 0.717) is 5.56 Å². The van der Waals surface area contributed by atoms with E-state index in [1.54, 1.807) is 12.3 Å². The summed E-state index contributed by atoms with van der Waals surface area (Å²) in [5.41, 5.74) is 11.4. The fraction of sp³-hybridized carbons (Fsp3) is 0.143. The molecule has 3 nitrogen and oxygen atoms in total. The Hall–Kier alpha value is -6.28. The molecule has 0 atom stereocenters. The second-order valence-corrected chi connectivity index (χ2v) is 31.0. The molecule has 11 aromatic rings. The minimum atomic E-state index is -2.47. The van der Waals surface area contributed by atoms with Crippen molar-refractivity contribution in [3.8, 4) is 61.7 Å². The van der Waals surface area contributed by atoms with Gasteiger partial charge in [-0.15, -0.1) is 18.2 Å². The van der Waals surface area contributed by atoms with Crippen LogP contribution in [-0.4, -0.2) is 27.8 Å². The molecule has 0 aliphatic heterocycles. The zero-order valence-electron chi connectivity index (χ0n) is 44.9. The van der Waals surface area contributed by atoms with Crippen LogP contribution in [0.5, 0.6) is 0 Å². The van der Waals surface area contributed by atoms with E-state index in [2.05, 4.69) is 197 Å². The van der Waals surface area contributed by atoms with Crippen molar-refractivity contribution in [2.45, 2.75) is 51.3 Å². The molecule has 1 radical (unpaired) electrons. The molecule has 0 amide bonds. The number of aromatic nitrogens is 3. The van der Waals surface area contributed by atoms with Gasteiger partial charge in [-0.25, -0.2) is 0 Å². The maximum atomic E-state index is 14.7. The summed E-state index contributed by atoms with van der Waals surface area (Å²) >= 11 is -0.644. The molecule has 11 rings (SSSR count). The Morgan fingerprint density at radius 2 is 1.33 bits per heavy atom. The molecule has 70 heavy (non-hydrogen) atoms. The Morgan fingerprint density at radius 3 is 2.03 bits per heavy atom. The van der Waals surface area contributed by atoms with Crippen LogP contribution in [0.2, 0.25) is 17.3 Å². The predicted molar refractivity (Wildman–Crippen MR) is 294 cm³/mol. The standard InChI is InChI=1S/C43H27N2S.C20H27FGeN.Ir/c1-3-12-29(13-4-1)30-22-24-31(25-23-30)33-26-27-35-36-17-11-18-37(42(36)46-41(35)28-33)43-44-38-19-8-10-21-40(38)45(43)39-20-9-7-16-34(39)32-14-5-2-6-15-32;1-14-8-9-16(17(21)10-14)19-11-15(12-20(2,3)4)18(13-23-19)22(5,6)7;/h1-17,19-28H;8,10-11,13H,12H2,1-7H3;/q2*-1;/i;1D3,12D2;. The summed E-state index contributed by atoms with van der Waals surface area (Å²) < 4.78 is 60.1. The van der Waals surface area contributed by atoms with Crippen LogP contribution in [-0.2, 0) is 26.5 Å². The van der Waals surface area contributed by atoms with Crippen molar-refractivity contribution in [3.63, 3.8) is 0 Å². The van der Waals surface area contributed by atoms with Gasteiger partial charge in [0.25, 0.3) is 0 Å². The first-order chi connectivity index (χ1) is 35.3. The zero-order chi connectivity index (χ0) is 52.2. The molecule has 0 aliphatic carbocycles. The van der Waals surface area contributed by atoms with E-state index >= 15 is 0 Å². The number of rotatable bonds is 8. The first kappa shape index (κ1) is 42.6. The Balaban J connectivity index is 0.000000206. The van der Waals surface area contributed by atoms with E-state index in [1.165, 1.54) is 59.6 Å². The summed E-state index contributed by atoms with van der Waals surface area (Å²) in [6, 6.07) is 68.3. The first-order valence-electron chi connectivity index (χ1n) is 25.7. The number of fused-ring (bicyclic) bond motifs is 4. The molecule has 349 valence electrons. The van der Waals surface area contributed by atoms with Crippen LogP contribution in [0.25, 0.3) is 92.9 Å². The van der Waals surface area contributed by atoms with E-state index in [-0.39, 0.29) is 36.9 Å². The van der Waals surface area contributed by atoms with Crippen LogP contribution in [0.3, 0.4) is 0 Å². The van der Waals surface area contributed by atoms with Gasteiger partial charge in [-0.2, -0.15) is 11.3 Å². The Labute approximate surface area is 438 Å². The van der Waals surface area contributed by atoms with Crippen LogP contribution in [0, 0.1) is 30.2 Å². The molecule has 3 heterocycles. The molecule has 0 bridgehead atoms. The van der Waals surface area contributed by atoms with Gasteiger partial charge in [-0.1, -0.05) is 138 Å². The number of hydrogen-bond acceptors (Lipinski definition) is 3. The minimum Gasteiger partial charge on any atom is -0.333 e. The maximum absolute atomic E-state index is 14.7. The second kappa shape index (κ2) is 20.2. The number of imidazole rings is 1. The molecule has 0 saturated heterocycles. The summed E-state index contributed by atoms with van der Waals surface area (Å²) in [5.74, 6) is 6.66. The summed E-state index contributed by atoms with van der Waals surface area (Å²) in [7, 11) is 0. The molecule has 0 spiro atoms. The fourth-order valence-electron chi connectivity index (χ4n) is 8.90. The fourth-order valence-corrected chi connectivity index (χ4v) is 13.1. The molecule has 0 unspecified atom stereocenters. The number of nitrogens with zero attached hydrogens (tertiary/aromatic N) is 3. The first-order valence-corrected chi connectivity index (χ1v) is 31.3. The maximum Gasteiger partial charge on any atom is 0.0774 e. The average Bonchev–Trinajstić information content (AvgIpc) is 3.97. The van der Waals surface area contributed by atoms with Gasteiger partial charge in [0.2, 0.25) is 0 Å². The van der Waals surface area contributed by atoms with Crippen molar-refractivity contribution in [2.75, 3.05) is 0 Å².